The van der Waals surface area contributed by atoms with E-state index in [2.05, 4.69) is 11.1 Å². The van der Waals surface area contributed by atoms with Crippen LogP contribution in [0.2, 0.25) is 0 Å². The quantitative estimate of drug-likeness (QED) is 0.165. The molecule has 0 aromatic carbocycles. The predicted molar refractivity (Wildman–Crippen MR) is 79.0 cm³/mol. The summed E-state index contributed by atoms with van der Waals surface area (Å²) < 4.78 is 58.5. The first kappa shape index (κ1) is 27.8. The molecule has 1 unspecified atom stereocenters. The van der Waals surface area contributed by atoms with Gasteiger partial charge < -0.3 is 13.7 Å². The van der Waals surface area contributed by atoms with E-state index in [1.807, 2.05) is 0 Å². The maximum atomic E-state index is 10.1. The van der Waals surface area contributed by atoms with Gasteiger partial charge in [0.15, 0.2) is 0 Å². The van der Waals surface area contributed by atoms with Crippen LogP contribution in [0.3, 0.4) is 0 Å². The standard InChI is InChI=1S/C12H26O4S.Na.H2O3S/c1-2-3-4-5-6-7-8-9-10-11-12-16-17(13,14)15;;1-4(2)3/h2-12H2,1H3,(H,13,14,15);;(H2,1,2,3)/q;+1;/p-2. The van der Waals surface area contributed by atoms with Gasteiger partial charge in [-0.2, -0.15) is 0 Å². The minimum atomic E-state index is -4.48. The molecule has 0 aromatic heterocycles. The van der Waals surface area contributed by atoms with Crippen molar-refractivity contribution in [3.8, 4) is 0 Å². The van der Waals surface area contributed by atoms with E-state index in [1.165, 1.54) is 44.9 Å². The number of rotatable bonds is 12. The fourth-order valence-corrected chi connectivity index (χ4v) is 2.07. The van der Waals surface area contributed by atoms with Crippen LogP contribution in [0.25, 0.3) is 0 Å². The molecule has 0 amide bonds. The van der Waals surface area contributed by atoms with Crippen LogP contribution in [0.4, 0.5) is 0 Å². The van der Waals surface area contributed by atoms with Crippen LogP contribution in [0.15, 0.2) is 0 Å². The third-order valence-corrected chi connectivity index (χ3v) is 3.18. The SMILES string of the molecule is CCCCCCCCCCCCOS(=O)(=O)[O-].O=S([O-])O.[Na+]. The van der Waals surface area contributed by atoms with E-state index in [-0.39, 0.29) is 36.2 Å². The van der Waals surface area contributed by atoms with Crippen LogP contribution >= 0.6 is 0 Å². The Morgan fingerprint density at radius 3 is 1.59 bits per heavy atom. The second kappa shape index (κ2) is 20.0. The second-order valence-electron chi connectivity index (χ2n) is 4.63. The van der Waals surface area contributed by atoms with Gasteiger partial charge in [-0.15, -0.1) is 0 Å². The van der Waals surface area contributed by atoms with Crippen molar-refractivity contribution < 1.29 is 60.0 Å². The van der Waals surface area contributed by atoms with Gasteiger partial charge in [0.2, 0.25) is 10.4 Å². The van der Waals surface area contributed by atoms with E-state index >= 15 is 0 Å². The van der Waals surface area contributed by atoms with Gasteiger partial charge in [-0.3, -0.25) is 4.18 Å². The predicted octanol–water partition coefficient (Wildman–Crippen LogP) is -0.273. The Bertz CT molecular complexity index is 332. The first-order chi connectivity index (χ1) is 9.79. The molecular weight excluding hydrogens is 343 g/mol. The molecule has 7 nitrogen and oxygen atoms in total. The van der Waals surface area contributed by atoms with Gasteiger partial charge in [0.25, 0.3) is 0 Å². The summed E-state index contributed by atoms with van der Waals surface area (Å²) in [4.78, 5) is 0. The van der Waals surface area contributed by atoms with Crippen molar-refractivity contribution in [3.05, 3.63) is 0 Å². The Hall–Kier alpha value is 0.940. The maximum Gasteiger partial charge on any atom is 1.00 e. The number of unbranched alkanes of at least 4 members (excludes halogenated alkanes) is 9. The summed E-state index contributed by atoms with van der Waals surface area (Å²) in [7, 11) is -4.48. The van der Waals surface area contributed by atoms with E-state index in [0.717, 1.165) is 12.8 Å². The molecule has 22 heavy (non-hydrogen) atoms. The third-order valence-electron chi connectivity index (χ3n) is 2.73. The average molecular weight is 369 g/mol. The molecule has 130 valence electrons. The van der Waals surface area contributed by atoms with Gasteiger partial charge in [-0.1, -0.05) is 64.7 Å². The molecule has 0 spiro atoms. The monoisotopic (exact) mass is 369 g/mol. The van der Waals surface area contributed by atoms with Crippen molar-refractivity contribution in [2.24, 2.45) is 0 Å². The van der Waals surface area contributed by atoms with Crippen LogP contribution in [-0.2, 0) is 25.9 Å². The summed E-state index contributed by atoms with van der Waals surface area (Å²) in [6.45, 7) is 2.24. The average Bonchev–Trinajstić information content (AvgIpc) is 2.34. The van der Waals surface area contributed by atoms with E-state index in [4.69, 9.17) is 13.3 Å². The molecule has 0 fully saturated rings. The van der Waals surface area contributed by atoms with Crippen molar-refractivity contribution in [2.75, 3.05) is 6.61 Å². The molecule has 1 atom stereocenters. The minimum absolute atomic E-state index is 0. The van der Waals surface area contributed by atoms with Crippen LogP contribution < -0.4 is 29.6 Å². The smallest absolute Gasteiger partial charge is 0.750 e. The van der Waals surface area contributed by atoms with Gasteiger partial charge in [0.1, 0.15) is 0 Å². The fraction of sp³-hybridized carbons (Fsp3) is 1.00. The Morgan fingerprint density at radius 1 is 0.955 bits per heavy atom. The van der Waals surface area contributed by atoms with E-state index in [1.54, 1.807) is 0 Å². The zero-order chi connectivity index (χ0) is 16.6. The first-order valence-corrected chi connectivity index (χ1v) is 9.54. The number of hydrogen-bond acceptors (Lipinski definition) is 6. The maximum absolute atomic E-state index is 10.1. The summed E-state index contributed by atoms with van der Waals surface area (Å²) in [5.74, 6) is 0. The Morgan fingerprint density at radius 2 is 1.27 bits per heavy atom. The largest absolute Gasteiger partial charge is 1.00 e. The summed E-state index contributed by atoms with van der Waals surface area (Å²) in [6, 6.07) is 0. The summed E-state index contributed by atoms with van der Waals surface area (Å²) in [5, 5.41) is 0. The zero-order valence-corrected chi connectivity index (χ0v) is 17.1. The van der Waals surface area contributed by atoms with E-state index in [0.29, 0.717) is 6.42 Å². The third kappa shape index (κ3) is 37.3. The fourth-order valence-electron chi connectivity index (χ4n) is 1.75. The van der Waals surface area contributed by atoms with Crippen LogP contribution in [0, 0.1) is 0 Å². The molecule has 10 heteroatoms. The number of hydrogen-bond donors (Lipinski definition) is 1. The Balaban J connectivity index is -0.000000640. The molecule has 0 heterocycles. The molecule has 0 aromatic rings. The molecule has 0 saturated heterocycles. The Kier molecular flexibility index (Phi) is 25.2. The van der Waals surface area contributed by atoms with Gasteiger partial charge in [0, 0.05) is 0 Å². The molecule has 0 saturated carbocycles. The topological polar surface area (TPSA) is 127 Å². The van der Waals surface area contributed by atoms with Crippen molar-refractivity contribution in [1.82, 2.24) is 0 Å². The van der Waals surface area contributed by atoms with Gasteiger partial charge in [-0.25, -0.2) is 12.6 Å². The van der Waals surface area contributed by atoms with Crippen molar-refractivity contribution in [1.29, 1.82) is 0 Å². The zero-order valence-electron chi connectivity index (χ0n) is 13.5. The van der Waals surface area contributed by atoms with Crippen LogP contribution in [0.1, 0.15) is 71.1 Å². The van der Waals surface area contributed by atoms with Gasteiger partial charge in [-0.05, 0) is 6.42 Å². The first-order valence-electron chi connectivity index (χ1n) is 7.18. The molecule has 1 N–H and O–H groups in total. The van der Waals surface area contributed by atoms with Crippen LogP contribution in [0.5, 0.6) is 0 Å². The molecule has 0 aliphatic heterocycles. The normalized spacial score (nSPS) is 12.0. The minimum Gasteiger partial charge on any atom is -0.750 e. The van der Waals surface area contributed by atoms with E-state index < -0.39 is 21.8 Å². The van der Waals surface area contributed by atoms with Crippen molar-refractivity contribution in [3.63, 3.8) is 0 Å². The van der Waals surface area contributed by atoms with Gasteiger partial charge in [0.05, 0.1) is 18.0 Å². The molecular formula is C12H26NaO7S2-. The summed E-state index contributed by atoms with van der Waals surface area (Å²) in [5.41, 5.74) is 0. The molecule has 0 radical (unpaired) electrons. The van der Waals surface area contributed by atoms with E-state index in [9.17, 15) is 13.0 Å². The second-order valence-corrected chi connectivity index (χ2v) is 6.12. The van der Waals surface area contributed by atoms with Gasteiger partial charge >= 0.3 is 29.6 Å². The summed E-state index contributed by atoms with van der Waals surface area (Å²) in [6.07, 6.45) is 11.7. The van der Waals surface area contributed by atoms with Crippen LogP contribution in [-0.4, -0.2) is 32.9 Å². The molecule has 0 rings (SSSR count). The molecule has 0 aliphatic carbocycles. The molecule has 0 aliphatic rings. The van der Waals surface area contributed by atoms with Crippen molar-refractivity contribution >= 4 is 21.8 Å². The Labute approximate surface area is 159 Å². The summed E-state index contributed by atoms with van der Waals surface area (Å²) >= 11 is -2.86. The van der Waals surface area contributed by atoms with Crippen molar-refractivity contribution in [2.45, 2.75) is 71.1 Å². The molecule has 0 bridgehead atoms.